The molecule has 0 amide bonds. The number of nitrogens with one attached hydrogen (secondary N) is 1. The predicted octanol–water partition coefficient (Wildman–Crippen LogP) is 3.94. The molecule has 2 aromatic rings. The molecule has 0 atom stereocenters. The van der Waals surface area contributed by atoms with Gasteiger partial charge in [0.15, 0.2) is 0 Å². The van der Waals surface area contributed by atoms with Crippen molar-refractivity contribution in [3.8, 4) is 0 Å². The number of carbonyl (C=O) groups is 1. The molecule has 0 radical (unpaired) electrons. The average Bonchev–Trinajstić information content (AvgIpc) is 2.69. The Morgan fingerprint density at radius 1 is 1.40 bits per heavy atom. The van der Waals surface area contributed by atoms with Gasteiger partial charge in [-0.3, -0.25) is 0 Å². The Kier molecular flexibility index (Phi) is 4.08. The van der Waals surface area contributed by atoms with Crippen LogP contribution in [0.5, 0.6) is 0 Å². The molecule has 0 aliphatic carbocycles. The Morgan fingerprint density at radius 2 is 2.10 bits per heavy atom. The second-order valence-corrected chi connectivity index (χ2v) is 4.94. The van der Waals surface area contributed by atoms with Gasteiger partial charge in [0.25, 0.3) is 0 Å². The van der Waals surface area contributed by atoms with E-state index in [4.69, 9.17) is 9.52 Å². The Labute approximate surface area is 121 Å². The summed E-state index contributed by atoms with van der Waals surface area (Å²) in [4.78, 5) is 10.9. The molecule has 0 aliphatic rings. The number of benzene rings is 1. The Bertz CT molecular complexity index is 647. The molecule has 7 heteroatoms. The first-order valence-corrected chi connectivity index (χ1v) is 6.39. The highest BCUT2D eigenvalue weighted by molar-refractivity contribution is 9.10. The number of anilines is 1. The lowest BCUT2D eigenvalue weighted by molar-refractivity contribution is 0.0695. The van der Waals surface area contributed by atoms with Gasteiger partial charge in [-0.2, -0.15) is 0 Å². The fraction of sp³-hybridized carbons (Fsp3) is 0.154. The maximum absolute atomic E-state index is 13.6. The molecule has 0 spiro atoms. The summed E-state index contributed by atoms with van der Waals surface area (Å²) in [6, 6.07) is 3.24. The predicted molar refractivity (Wildman–Crippen MR) is 71.8 cm³/mol. The summed E-state index contributed by atoms with van der Waals surface area (Å²) in [7, 11) is 0. The Balaban J connectivity index is 2.17. The van der Waals surface area contributed by atoms with Crippen molar-refractivity contribution in [2.75, 3.05) is 5.32 Å². The number of hydrogen-bond donors (Lipinski definition) is 2. The van der Waals surface area contributed by atoms with E-state index in [0.29, 0.717) is 5.76 Å². The van der Waals surface area contributed by atoms with Gasteiger partial charge in [-0.15, -0.1) is 0 Å². The summed E-state index contributed by atoms with van der Waals surface area (Å²) in [6.07, 6.45) is 0. The highest BCUT2D eigenvalue weighted by atomic mass is 79.9. The Hall–Kier alpha value is -1.89. The third-order valence-corrected chi connectivity index (χ3v) is 3.27. The molecule has 0 bridgehead atoms. The molecule has 2 rings (SSSR count). The number of carboxylic acids is 1. The van der Waals surface area contributed by atoms with Gasteiger partial charge in [-0.25, -0.2) is 13.6 Å². The van der Waals surface area contributed by atoms with E-state index in [2.05, 4.69) is 21.2 Å². The topological polar surface area (TPSA) is 62.5 Å². The van der Waals surface area contributed by atoms with Crippen LogP contribution in [0.3, 0.4) is 0 Å². The van der Waals surface area contributed by atoms with E-state index < -0.39 is 17.6 Å². The fourth-order valence-corrected chi connectivity index (χ4v) is 2.28. The summed E-state index contributed by atoms with van der Waals surface area (Å²) in [5, 5.41) is 11.6. The summed E-state index contributed by atoms with van der Waals surface area (Å²) in [6.45, 7) is 1.61. The van der Waals surface area contributed by atoms with Crippen molar-refractivity contribution in [2.45, 2.75) is 13.5 Å². The zero-order valence-electron chi connectivity index (χ0n) is 10.3. The lowest BCUT2D eigenvalue weighted by Crippen LogP contribution is -2.02. The van der Waals surface area contributed by atoms with Crippen LogP contribution in [0.25, 0.3) is 0 Å². The molecule has 0 saturated carbocycles. The zero-order valence-corrected chi connectivity index (χ0v) is 11.9. The normalized spacial score (nSPS) is 10.6. The minimum absolute atomic E-state index is 0.0560. The van der Waals surface area contributed by atoms with Crippen molar-refractivity contribution in [1.82, 2.24) is 0 Å². The summed E-state index contributed by atoms with van der Waals surface area (Å²) in [5.41, 5.74) is 0.137. The van der Waals surface area contributed by atoms with Gasteiger partial charge in [-0.1, -0.05) is 0 Å². The smallest absolute Gasteiger partial charge is 0.339 e. The molecule has 4 nitrogen and oxygen atoms in total. The first kappa shape index (κ1) is 14.5. The molecule has 106 valence electrons. The van der Waals surface area contributed by atoms with Gasteiger partial charge in [-0.05, 0) is 35.0 Å². The van der Waals surface area contributed by atoms with Gasteiger partial charge in [0.2, 0.25) is 0 Å². The van der Waals surface area contributed by atoms with Crippen LogP contribution >= 0.6 is 15.9 Å². The maximum Gasteiger partial charge on any atom is 0.339 e. The fourth-order valence-electron chi connectivity index (χ4n) is 1.73. The van der Waals surface area contributed by atoms with Crippen LogP contribution in [0.2, 0.25) is 0 Å². The molecular formula is C13H10BrF2NO3. The van der Waals surface area contributed by atoms with Crippen molar-refractivity contribution >= 4 is 27.6 Å². The van der Waals surface area contributed by atoms with Crippen molar-refractivity contribution in [3.05, 3.63) is 51.4 Å². The SMILES string of the molecule is Cc1oc(CNc2c(F)cc(F)cc2Br)cc1C(=O)O. The van der Waals surface area contributed by atoms with Crippen molar-refractivity contribution in [2.24, 2.45) is 0 Å². The number of hydrogen-bond acceptors (Lipinski definition) is 3. The monoisotopic (exact) mass is 345 g/mol. The number of aromatic carboxylic acids is 1. The summed E-state index contributed by atoms with van der Waals surface area (Å²) < 4.78 is 32.0. The van der Waals surface area contributed by atoms with Crippen LogP contribution in [0.1, 0.15) is 21.9 Å². The summed E-state index contributed by atoms with van der Waals surface area (Å²) >= 11 is 3.05. The Morgan fingerprint density at radius 3 is 2.65 bits per heavy atom. The minimum Gasteiger partial charge on any atom is -0.478 e. The molecule has 0 saturated heterocycles. The molecule has 0 unspecified atom stereocenters. The highest BCUT2D eigenvalue weighted by Crippen LogP contribution is 2.27. The third-order valence-electron chi connectivity index (χ3n) is 2.65. The lowest BCUT2D eigenvalue weighted by atomic mass is 10.2. The van der Waals surface area contributed by atoms with Crippen LogP contribution in [-0.2, 0) is 6.54 Å². The number of rotatable bonds is 4. The number of halogens is 3. The average molecular weight is 346 g/mol. The molecule has 20 heavy (non-hydrogen) atoms. The zero-order chi connectivity index (χ0) is 14.9. The highest BCUT2D eigenvalue weighted by Gasteiger charge is 2.15. The van der Waals surface area contributed by atoms with Crippen molar-refractivity contribution in [1.29, 1.82) is 0 Å². The molecule has 2 N–H and O–H groups in total. The van der Waals surface area contributed by atoms with Gasteiger partial charge in [0.1, 0.15) is 28.7 Å². The number of carboxylic acid groups (broad SMARTS) is 1. The van der Waals surface area contributed by atoms with Crippen molar-refractivity contribution in [3.63, 3.8) is 0 Å². The summed E-state index contributed by atoms with van der Waals surface area (Å²) in [5.74, 6) is -1.92. The van der Waals surface area contributed by atoms with E-state index >= 15 is 0 Å². The van der Waals surface area contributed by atoms with E-state index in [1.54, 1.807) is 0 Å². The third kappa shape index (κ3) is 2.98. The van der Waals surface area contributed by atoms with E-state index in [1.165, 1.54) is 13.0 Å². The molecule has 1 aromatic carbocycles. The van der Waals surface area contributed by atoms with E-state index in [0.717, 1.165) is 12.1 Å². The van der Waals surface area contributed by atoms with Gasteiger partial charge < -0.3 is 14.8 Å². The van der Waals surface area contributed by atoms with Crippen LogP contribution in [0.15, 0.2) is 27.1 Å². The maximum atomic E-state index is 13.6. The van der Waals surface area contributed by atoms with Crippen LogP contribution in [0, 0.1) is 18.6 Å². The van der Waals surface area contributed by atoms with Gasteiger partial charge in [0, 0.05) is 10.5 Å². The van der Waals surface area contributed by atoms with E-state index in [-0.39, 0.29) is 28.0 Å². The quantitative estimate of drug-likeness (QED) is 0.880. The number of aryl methyl sites for hydroxylation is 1. The number of furan rings is 1. The largest absolute Gasteiger partial charge is 0.478 e. The lowest BCUT2D eigenvalue weighted by Gasteiger charge is -2.08. The first-order chi connectivity index (χ1) is 9.38. The first-order valence-electron chi connectivity index (χ1n) is 5.59. The van der Waals surface area contributed by atoms with E-state index in [9.17, 15) is 13.6 Å². The standard InChI is InChI=1S/C13H10BrF2NO3/c1-6-9(13(18)19)4-8(20-6)5-17-12-10(14)2-7(15)3-11(12)16/h2-4,17H,5H2,1H3,(H,18,19). The van der Waals surface area contributed by atoms with Crippen LogP contribution < -0.4 is 5.32 Å². The minimum atomic E-state index is -1.09. The van der Waals surface area contributed by atoms with E-state index in [1.807, 2.05) is 0 Å². The molecule has 1 heterocycles. The molecule has 0 aliphatic heterocycles. The van der Waals surface area contributed by atoms with Gasteiger partial charge in [0.05, 0.1) is 12.2 Å². The second-order valence-electron chi connectivity index (χ2n) is 4.09. The molecular weight excluding hydrogens is 336 g/mol. The van der Waals surface area contributed by atoms with Crippen molar-refractivity contribution < 1.29 is 23.1 Å². The second kappa shape index (κ2) is 5.62. The molecule has 0 fully saturated rings. The van der Waals surface area contributed by atoms with Gasteiger partial charge >= 0.3 is 5.97 Å². The van der Waals surface area contributed by atoms with Crippen LogP contribution in [0.4, 0.5) is 14.5 Å². The molecule has 1 aromatic heterocycles. The van der Waals surface area contributed by atoms with Crippen LogP contribution in [-0.4, -0.2) is 11.1 Å².